The number of ether oxygens (including phenoxy) is 3. The van der Waals surface area contributed by atoms with Gasteiger partial charge in [0.15, 0.2) is 23.6 Å². The first-order chi connectivity index (χ1) is 15.4. The quantitative estimate of drug-likeness (QED) is 0.264. The average molecular weight is 568 g/mol. The summed E-state index contributed by atoms with van der Waals surface area (Å²) in [6.07, 6.45) is 2.80. The van der Waals surface area contributed by atoms with Crippen LogP contribution in [0, 0.1) is 3.57 Å². The molecule has 32 heavy (non-hydrogen) atoms. The Balaban J connectivity index is 1.75. The normalized spacial score (nSPS) is 16.6. The lowest BCUT2D eigenvalue weighted by molar-refractivity contribution is -0.143. The van der Waals surface area contributed by atoms with Gasteiger partial charge in [-0.1, -0.05) is 30.8 Å². The molecule has 9 heteroatoms. The van der Waals surface area contributed by atoms with E-state index in [1.165, 1.54) is 24.4 Å². The second kappa shape index (κ2) is 11.5. The van der Waals surface area contributed by atoms with E-state index < -0.39 is 5.97 Å². The minimum atomic E-state index is -0.476. The van der Waals surface area contributed by atoms with Gasteiger partial charge in [0, 0.05) is 5.69 Å². The second-order valence-corrected chi connectivity index (χ2v) is 9.11. The molecule has 1 amide bonds. The lowest BCUT2D eigenvalue weighted by Crippen LogP contribution is -2.30. The molecule has 0 aromatic heterocycles. The van der Waals surface area contributed by atoms with Crippen molar-refractivity contribution < 1.29 is 23.8 Å². The molecule has 0 unspecified atom stereocenters. The highest BCUT2D eigenvalue weighted by Crippen LogP contribution is 2.37. The van der Waals surface area contributed by atoms with Crippen LogP contribution in [0.4, 0.5) is 5.69 Å². The number of halogens is 1. The third-order valence-electron chi connectivity index (χ3n) is 4.58. The van der Waals surface area contributed by atoms with Crippen molar-refractivity contribution in [3.8, 4) is 11.5 Å². The molecule has 0 spiro atoms. The molecule has 1 saturated heterocycles. The summed E-state index contributed by atoms with van der Waals surface area (Å²) in [5.41, 5.74) is 2.75. The standard InChI is InChI=1S/C23H25IN2O5S/c1-4-14-6-8-16(9-7-14)25-23-26-22(28)19(32-23)12-15-10-17(24)21(18(11-15)30-5-2)31-13-20(27)29-3/h6-12,23,25H,4-5,13H2,1-3H3,(H,26,28)/b19-12-/t23-/m0/s1. The Morgan fingerprint density at radius 2 is 1.97 bits per heavy atom. The van der Waals surface area contributed by atoms with Gasteiger partial charge in [0.1, 0.15) is 0 Å². The van der Waals surface area contributed by atoms with Crippen molar-refractivity contribution in [2.24, 2.45) is 0 Å². The summed E-state index contributed by atoms with van der Waals surface area (Å²) in [5, 5.41) is 6.27. The second-order valence-electron chi connectivity index (χ2n) is 6.80. The maximum atomic E-state index is 12.5. The molecular weight excluding hydrogens is 543 g/mol. The Kier molecular flexibility index (Phi) is 8.68. The number of benzene rings is 2. The number of aryl methyl sites for hydroxylation is 1. The Hall–Kier alpha value is -2.40. The van der Waals surface area contributed by atoms with Crippen LogP contribution in [0.15, 0.2) is 41.3 Å². The zero-order valence-electron chi connectivity index (χ0n) is 18.1. The lowest BCUT2D eigenvalue weighted by atomic mass is 10.1. The third-order valence-corrected chi connectivity index (χ3v) is 6.41. The van der Waals surface area contributed by atoms with E-state index in [0.29, 0.717) is 23.0 Å². The Morgan fingerprint density at radius 3 is 2.62 bits per heavy atom. The Labute approximate surface area is 205 Å². The molecule has 2 N–H and O–H groups in total. The van der Waals surface area contributed by atoms with Crippen LogP contribution in [-0.2, 0) is 20.7 Å². The summed E-state index contributed by atoms with van der Waals surface area (Å²) in [5.74, 6) is 0.357. The van der Waals surface area contributed by atoms with E-state index in [1.807, 2.05) is 31.2 Å². The molecule has 170 valence electrons. The number of hydrogen-bond acceptors (Lipinski definition) is 7. The highest BCUT2D eigenvalue weighted by atomic mass is 127. The van der Waals surface area contributed by atoms with Crippen LogP contribution in [0.1, 0.15) is 25.0 Å². The molecule has 0 saturated carbocycles. The van der Waals surface area contributed by atoms with Gasteiger partial charge in [-0.25, -0.2) is 4.79 Å². The van der Waals surface area contributed by atoms with Crippen LogP contribution in [-0.4, -0.2) is 37.7 Å². The molecule has 0 radical (unpaired) electrons. The number of methoxy groups -OCH3 is 1. The van der Waals surface area contributed by atoms with Gasteiger partial charge in [-0.15, -0.1) is 0 Å². The molecule has 2 aromatic rings. The van der Waals surface area contributed by atoms with Crippen molar-refractivity contribution in [1.82, 2.24) is 5.32 Å². The van der Waals surface area contributed by atoms with Crippen LogP contribution in [0.2, 0.25) is 0 Å². The van der Waals surface area contributed by atoms with Crippen molar-refractivity contribution in [2.45, 2.75) is 25.8 Å². The fraction of sp³-hybridized carbons (Fsp3) is 0.304. The molecule has 2 aromatic carbocycles. The zero-order chi connectivity index (χ0) is 23.1. The summed E-state index contributed by atoms with van der Waals surface area (Å²) >= 11 is 3.54. The Bertz CT molecular complexity index is 1010. The first-order valence-electron chi connectivity index (χ1n) is 10.1. The predicted molar refractivity (Wildman–Crippen MR) is 135 cm³/mol. The minimum absolute atomic E-state index is 0.142. The number of anilines is 1. The molecule has 7 nitrogen and oxygen atoms in total. The van der Waals surface area contributed by atoms with Gasteiger partial charge in [-0.3, -0.25) is 4.79 Å². The third kappa shape index (κ3) is 6.32. The number of thioether (sulfide) groups is 1. The van der Waals surface area contributed by atoms with E-state index in [1.54, 1.807) is 6.07 Å². The molecule has 1 aliphatic heterocycles. The highest BCUT2D eigenvalue weighted by molar-refractivity contribution is 14.1. The largest absolute Gasteiger partial charge is 0.490 e. The SMILES string of the molecule is CCOc1cc(/C=C2\S[C@@H](Nc3ccc(CC)cc3)NC2=O)cc(I)c1OCC(=O)OC. The van der Waals surface area contributed by atoms with Gasteiger partial charge >= 0.3 is 5.97 Å². The summed E-state index contributed by atoms with van der Waals surface area (Å²) in [4.78, 5) is 24.5. The van der Waals surface area contributed by atoms with Gasteiger partial charge < -0.3 is 24.8 Å². The van der Waals surface area contributed by atoms with Crippen molar-refractivity contribution in [3.63, 3.8) is 0 Å². The van der Waals surface area contributed by atoms with Gasteiger partial charge in [0.25, 0.3) is 5.91 Å². The number of rotatable bonds is 9. The molecule has 3 rings (SSSR count). The fourth-order valence-corrected chi connectivity index (χ4v) is 4.74. The van der Waals surface area contributed by atoms with Gasteiger partial charge in [0.2, 0.25) is 0 Å². The van der Waals surface area contributed by atoms with Crippen LogP contribution >= 0.6 is 34.4 Å². The summed E-state index contributed by atoms with van der Waals surface area (Å²) in [7, 11) is 1.31. The highest BCUT2D eigenvalue weighted by Gasteiger charge is 2.27. The zero-order valence-corrected chi connectivity index (χ0v) is 21.0. The van der Waals surface area contributed by atoms with E-state index in [4.69, 9.17) is 9.47 Å². The number of esters is 1. The monoisotopic (exact) mass is 568 g/mol. The molecular formula is C23H25IN2O5S. The summed E-state index contributed by atoms with van der Waals surface area (Å²) in [6.45, 7) is 4.20. The molecule has 1 fully saturated rings. The number of amides is 1. The minimum Gasteiger partial charge on any atom is -0.490 e. The van der Waals surface area contributed by atoms with Crippen molar-refractivity contribution >= 4 is 58.0 Å². The van der Waals surface area contributed by atoms with E-state index in [9.17, 15) is 9.59 Å². The molecule has 1 heterocycles. The number of carbonyl (C=O) groups is 2. The summed E-state index contributed by atoms with van der Waals surface area (Å²) in [6, 6.07) is 11.8. The van der Waals surface area contributed by atoms with E-state index in [0.717, 1.165) is 21.2 Å². The lowest BCUT2D eigenvalue weighted by Gasteiger charge is -2.14. The number of hydrogen-bond donors (Lipinski definition) is 2. The first kappa shape index (κ1) is 24.2. The maximum Gasteiger partial charge on any atom is 0.343 e. The van der Waals surface area contributed by atoms with Crippen molar-refractivity contribution in [3.05, 3.63) is 56.0 Å². The predicted octanol–water partition coefficient (Wildman–Crippen LogP) is 4.40. The van der Waals surface area contributed by atoms with Crippen LogP contribution < -0.4 is 20.1 Å². The van der Waals surface area contributed by atoms with E-state index in [-0.39, 0.29) is 18.0 Å². The van der Waals surface area contributed by atoms with Crippen molar-refractivity contribution in [2.75, 3.05) is 25.6 Å². The van der Waals surface area contributed by atoms with Gasteiger partial charge in [-0.2, -0.15) is 0 Å². The summed E-state index contributed by atoms with van der Waals surface area (Å²) < 4.78 is 16.7. The molecule has 1 atom stereocenters. The van der Waals surface area contributed by atoms with Crippen LogP contribution in [0.3, 0.4) is 0 Å². The first-order valence-corrected chi connectivity index (χ1v) is 12.1. The fourth-order valence-electron chi connectivity index (χ4n) is 2.97. The molecule has 0 aliphatic carbocycles. The van der Waals surface area contributed by atoms with Crippen LogP contribution in [0.25, 0.3) is 6.08 Å². The maximum absolute atomic E-state index is 12.5. The van der Waals surface area contributed by atoms with E-state index in [2.05, 4.69) is 57.0 Å². The molecule has 0 bridgehead atoms. The van der Waals surface area contributed by atoms with Gasteiger partial charge in [0.05, 0.1) is 22.2 Å². The van der Waals surface area contributed by atoms with Crippen molar-refractivity contribution in [1.29, 1.82) is 0 Å². The van der Waals surface area contributed by atoms with Gasteiger partial charge in [-0.05, 0) is 77.4 Å². The average Bonchev–Trinajstić information content (AvgIpc) is 3.12. The van der Waals surface area contributed by atoms with Crippen LogP contribution in [0.5, 0.6) is 11.5 Å². The molecule has 1 aliphatic rings. The van der Waals surface area contributed by atoms with E-state index >= 15 is 0 Å². The smallest absolute Gasteiger partial charge is 0.343 e. The number of nitrogens with one attached hydrogen (secondary N) is 2. The Morgan fingerprint density at radius 1 is 1.22 bits per heavy atom. The number of carbonyl (C=O) groups excluding carboxylic acids is 2. The topological polar surface area (TPSA) is 85.9 Å².